The van der Waals surface area contributed by atoms with E-state index in [0.29, 0.717) is 23.8 Å². The lowest BCUT2D eigenvalue weighted by molar-refractivity contribution is -0.123. The van der Waals surface area contributed by atoms with Gasteiger partial charge in [0.1, 0.15) is 5.78 Å². The molecule has 1 saturated heterocycles. The first-order chi connectivity index (χ1) is 7.20. The van der Waals surface area contributed by atoms with Gasteiger partial charge in [-0.15, -0.1) is 0 Å². The maximum atomic E-state index is 11.5. The summed E-state index contributed by atoms with van der Waals surface area (Å²) in [7, 11) is 0. The standard InChI is InChI=1S/C12H22N2O/c1-2-9-3-4-11(15)7-12(9)14-6-5-10(13)8-14/h9-10,12H,2-8,13H2,1H3. The number of nitrogens with zero attached hydrogens (tertiary/aromatic N) is 1. The Bertz CT molecular complexity index is 242. The lowest BCUT2D eigenvalue weighted by atomic mass is 9.81. The summed E-state index contributed by atoms with van der Waals surface area (Å²) in [5.41, 5.74) is 5.93. The van der Waals surface area contributed by atoms with Crippen LogP contribution in [-0.2, 0) is 4.79 Å². The van der Waals surface area contributed by atoms with E-state index in [1.165, 1.54) is 6.42 Å². The Morgan fingerprint density at radius 3 is 2.87 bits per heavy atom. The highest BCUT2D eigenvalue weighted by Gasteiger charge is 2.35. The summed E-state index contributed by atoms with van der Waals surface area (Å²) in [5.74, 6) is 1.16. The van der Waals surface area contributed by atoms with E-state index in [4.69, 9.17) is 5.73 Å². The van der Waals surface area contributed by atoms with Crippen molar-refractivity contribution in [3.8, 4) is 0 Å². The highest BCUT2D eigenvalue weighted by molar-refractivity contribution is 5.79. The normalized spacial score (nSPS) is 38.5. The van der Waals surface area contributed by atoms with Crippen LogP contribution in [0.1, 0.15) is 39.0 Å². The molecular weight excluding hydrogens is 188 g/mol. The second kappa shape index (κ2) is 4.62. The molecule has 1 saturated carbocycles. The Morgan fingerprint density at radius 2 is 2.27 bits per heavy atom. The van der Waals surface area contributed by atoms with Crippen molar-refractivity contribution in [1.29, 1.82) is 0 Å². The molecule has 3 unspecified atom stereocenters. The quantitative estimate of drug-likeness (QED) is 0.744. The van der Waals surface area contributed by atoms with E-state index < -0.39 is 0 Å². The van der Waals surface area contributed by atoms with Gasteiger partial charge in [-0.3, -0.25) is 9.69 Å². The number of carbonyl (C=O) groups excluding carboxylic acids is 1. The number of hydrogen-bond acceptors (Lipinski definition) is 3. The molecule has 2 N–H and O–H groups in total. The van der Waals surface area contributed by atoms with E-state index in [2.05, 4.69) is 11.8 Å². The van der Waals surface area contributed by atoms with Crippen molar-refractivity contribution in [3.63, 3.8) is 0 Å². The van der Waals surface area contributed by atoms with Crippen molar-refractivity contribution < 1.29 is 4.79 Å². The summed E-state index contributed by atoms with van der Waals surface area (Å²) < 4.78 is 0. The first-order valence-electron chi connectivity index (χ1n) is 6.22. The summed E-state index contributed by atoms with van der Waals surface area (Å²) in [6.45, 7) is 4.33. The molecule has 0 aromatic rings. The minimum atomic E-state index is 0.333. The predicted octanol–water partition coefficient (Wildman–Crippen LogP) is 1.17. The summed E-state index contributed by atoms with van der Waals surface area (Å²) in [5, 5.41) is 0. The average Bonchev–Trinajstić information content (AvgIpc) is 2.65. The molecule has 2 fully saturated rings. The molecule has 0 amide bonds. The van der Waals surface area contributed by atoms with Gasteiger partial charge in [0.25, 0.3) is 0 Å². The van der Waals surface area contributed by atoms with Crippen LogP contribution in [-0.4, -0.2) is 35.9 Å². The molecule has 1 aliphatic heterocycles. The molecule has 2 rings (SSSR count). The van der Waals surface area contributed by atoms with Crippen LogP contribution in [0.25, 0.3) is 0 Å². The van der Waals surface area contributed by atoms with Crippen LogP contribution in [0.2, 0.25) is 0 Å². The number of ketones is 1. The number of hydrogen-bond donors (Lipinski definition) is 1. The van der Waals surface area contributed by atoms with E-state index in [1.54, 1.807) is 0 Å². The number of rotatable bonds is 2. The van der Waals surface area contributed by atoms with Crippen molar-refractivity contribution in [3.05, 3.63) is 0 Å². The van der Waals surface area contributed by atoms with Gasteiger partial charge in [-0.2, -0.15) is 0 Å². The highest BCUT2D eigenvalue weighted by atomic mass is 16.1. The molecular formula is C12H22N2O. The van der Waals surface area contributed by atoms with Gasteiger partial charge >= 0.3 is 0 Å². The Balaban J connectivity index is 2.00. The molecule has 1 aliphatic carbocycles. The third kappa shape index (κ3) is 2.40. The second-order valence-electron chi connectivity index (χ2n) is 5.06. The van der Waals surface area contributed by atoms with Gasteiger partial charge in [-0.05, 0) is 18.8 Å². The van der Waals surface area contributed by atoms with Crippen molar-refractivity contribution in [1.82, 2.24) is 4.90 Å². The van der Waals surface area contributed by atoms with Crippen LogP contribution in [0.4, 0.5) is 0 Å². The van der Waals surface area contributed by atoms with Gasteiger partial charge in [0.2, 0.25) is 0 Å². The fourth-order valence-corrected chi connectivity index (χ4v) is 3.06. The zero-order chi connectivity index (χ0) is 10.8. The molecule has 1 heterocycles. The van der Waals surface area contributed by atoms with Gasteiger partial charge < -0.3 is 5.73 Å². The van der Waals surface area contributed by atoms with Crippen molar-refractivity contribution in [2.75, 3.05) is 13.1 Å². The average molecular weight is 210 g/mol. The molecule has 86 valence electrons. The van der Waals surface area contributed by atoms with Gasteiger partial charge in [0.05, 0.1) is 0 Å². The molecule has 0 bridgehead atoms. The maximum absolute atomic E-state index is 11.5. The molecule has 3 heteroatoms. The smallest absolute Gasteiger partial charge is 0.134 e. The van der Waals surface area contributed by atoms with Crippen molar-refractivity contribution in [2.24, 2.45) is 11.7 Å². The summed E-state index contributed by atoms with van der Waals surface area (Å²) in [6.07, 6.45) is 4.96. The number of likely N-dealkylation sites (tertiary alicyclic amines) is 1. The van der Waals surface area contributed by atoms with E-state index in [-0.39, 0.29) is 0 Å². The Labute approximate surface area is 92.0 Å². The number of Topliss-reactive ketones (excluding diaryl/α,β-unsaturated/α-hetero) is 1. The van der Waals surface area contributed by atoms with Crippen LogP contribution < -0.4 is 5.73 Å². The van der Waals surface area contributed by atoms with Gasteiger partial charge in [0.15, 0.2) is 0 Å². The molecule has 3 nitrogen and oxygen atoms in total. The van der Waals surface area contributed by atoms with E-state index in [0.717, 1.165) is 38.8 Å². The van der Waals surface area contributed by atoms with Crippen LogP contribution in [0.5, 0.6) is 0 Å². The minimum absolute atomic E-state index is 0.333. The fraction of sp³-hybridized carbons (Fsp3) is 0.917. The third-order valence-electron chi connectivity index (χ3n) is 4.02. The summed E-state index contributed by atoms with van der Waals surface area (Å²) in [4.78, 5) is 14.0. The lowest BCUT2D eigenvalue weighted by Gasteiger charge is -2.37. The highest BCUT2D eigenvalue weighted by Crippen LogP contribution is 2.30. The van der Waals surface area contributed by atoms with Crippen molar-refractivity contribution >= 4 is 5.78 Å². The first kappa shape index (κ1) is 11.1. The largest absolute Gasteiger partial charge is 0.326 e. The van der Waals surface area contributed by atoms with Crippen LogP contribution in [0.15, 0.2) is 0 Å². The summed E-state index contributed by atoms with van der Waals surface area (Å²) >= 11 is 0. The Hall–Kier alpha value is -0.410. The maximum Gasteiger partial charge on any atom is 0.134 e. The monoisotopic (exact) mass is 210 g/mol. The number of nitrogens with two attached hydrogens (primary N) is 1. The second-order valence-corrected chi connectivity index (χ2v) is 5.06. The first-order valence-corrected chi connectivity index (χ1v) is 6.22. The molecule has 0 radical (unpaired) electrons. The number of carbonyl (C=O) groups is 1. The zero-order valence-electron chi connectivity index (χ0n) is 9.61. The Morgan fingerprint density at radius 1 is 1.47 bits per heavy atom. The van der Waals surface area contributed by atoms with Crippen molar-refractivity contribution in [2.45, 2.75) is 51.1 Å². The predicted molar refractivity (Wildman–Crippen MR) is 60.6 cm³/mol. The third-order valence-corrected chi connectivity index (χ3v) is 4.02. The molecule has 15 heavy (non-hydrogen) atoms. The SMILES string of the molecule is CCC1CCC(=O)CC1N1CCC(N)C1. The van der Waals surface area contributed by atoms with Gasteiger partial charge in [-0.1, -0.05) is 13.3 Å². The molecule has 2 aliphatic rings. The fourth-order valence-electron chi connectivity index (χ4n) is 3.06. The van der Waals surface area contributed by atoms with Gasteiger partial charge in [0, 0.05) is 38.0 Å². The lowest BCUT2D eigenvalue weighted by Crippen LogP contribution is -2.44. The van der Waals surface area contributed by atoms with Crippen LogP contribution in [0, 0.1) is 5.92 Å². The zero-order valence-corrected chi connectivity index (χ0v) is 9.61. The van der Waals surface area contributed by atoms with E-state index in [1.807, 2.05) is 0 Å². The Kier molecular flexibility index (Phi) is 3.42. The van der Waals surface area contributed by atoms with E-state index in [9.17, 15) is 4.79 Å². The summed E-state index contributed by atoms with van der Waals surface area (Å²) in [6, 6.07) is 0.823. The topological polar surface area (TPSA) is 46.3 Å². The molecule has 3 atom stereocenters. The van der Waals surface area contributed by atoms with Gasteiger partial charge in [-0.25, -0.2) is 0 Å². The van der Waals surface area contributed by atoms with E-state index >= 15 is 0 Å². The minimum Gasteiger partial charge on any atom is -0.326 e. The molecule has 0 aromatic carbocycles. The van der Waals surface area contributed by atoms with Crippen LogP contribution >= 0.6 is 0 Å². The molecule has 0 spiro atoms. The van der Waals surface area contributed by atoms with Crippen LogP contribution in [0.3, 0.4) is 0 Å². The molecule has 0 aromatic heterocycles.